The summed E-state index contributed by atoms with van der Waals surface area (Å²) >= 11 is 0. The number of unbranched alkanes of at least 4 members (excludes halogenated alkanes) is 38. The number of esters is 3. The average Bonchev–Trinajstić information content (AvgIpc) is 3.35. The number of hydrogen-bond acceptors (Lipinski definition) is 6. The summed E-state index contributed by atoms with van der Waals surface area (Å²) in [6.45, 7) is 6.63. The van der Waals surface area contributed by atoms with Crippen molar-refractivity contribution in [3.8, 4) is 0 Å². The molecule has 0 rings (SSSR count). The van der Waals surface area contributed by atoms with Gasteiger partial charge in [-0.25, -0.2) is 0 Å². The first-order valence-corrected chi connectivity index (χ1v) is 30.2. The van der Waals surface area contributed by atoms with Crippen LogP contribution in [0.4, 0.5) is 0 Å². The quantitative estimate of drug-likeness (QED) is 0.0262. The van der Waals surface area contributed by atoms with Crippen LogP contribution < -0.4 is 0 Å². The summed E-state index contributed by atoms with van der Waals surface area (Å²) in [7, 11) is 0. The van der Waals surface area contributed by atoms with Crippen molar-refractivity contribution < 1.29 is 28.6 Å². The molecule has 1 unspecified atom stereocenters. The second-order valence-corrected chi connectivity index (χ2v) is 20.3. The van der Waals surface area contributed by atoms with Gasteiger partial charge < -0.3 is 14.2 Å². The van der Waals surface area contributed by atoms with Crippen molar-refractivity contribution in [2.45, 2.75) is 322 Å². The van der Waals surface area contributed by atoms with E-state index in [1.165, 1.54) is 199 Å². The van der Waals surface area contributed by atoms with Gasteiger partial charge in [0.15, 0.2) is 6.10 Å². The molecular formula is C63H114O6. The Morgan fingerprint density at radius 1 is 0.290 bits per heavy atom. The summed E-state index contributed by atoms with van der Waals surface area (Å²) in [4.78, 5) is 38.2. The Morgan fingerprint density at radius 2 is 0.507 bits per heavy atom. The SMILES string of the molecule is CCCCC/C=C\C=C/CCCCCCCCCCCCC(=O)OCC(COC(=O)CCCCCCCCCCCCCCCC)OC(=O)CCCCCCC/C=C\C=C/CCCCCCCCC. The van der Waals surface area contributed by atoms with E-state index in [1.807, 2.05) is 0 Å². The minimum Gasteiger partial charge on any atom is -0.462 e. The van der Waals surface area contributed by atoms with E-state index in [-0.39, 0.29) is 31.1 Å². The summed E-state index contributed by atoms with van der Waals surface area (Å²) in [6, 6.07) is 0. The molecule has 0 fully saturated rings. The topological polar surface area (TPSA) is 78.9 Å². The molecule has 69 heavy (non-hydrogen) atoms. The molecule has 0 saturated heterocycles. The number of carbonyl (C=O) groups is 3. The maximum Gasteiger partial charge on any atom is 0.306 e. The third kappa shape index (κ3) is 56.2. The lowest BCUT2D eigenvalue weighted by atomic mass is 10.0. The maximum absolute atomic E-state index is 12.9. The lowest BCUT2D eigenvalue weighted by Crippen LogP contribution is -2.30. The van der Waals surface area contributed by atoms with Crippen LogP contribution in [0.3, 0.4) is 0 Å². The van der Waals surface area contributed by atoms with Crippen molar-refractivity contribution in [1.29, 1.82) is 0 Å². The van der Waals surface area contributed by atoms with E-state index in [0.29, 0.717) is 19.3 Å². The van der Waals surface area contributed by atoms with Crippen LogP contribution in [0.2, 0.25) is 0 Å². The highest BCUT2D eigenvalue weighted by Crippen LogP contribution is 2.16. The van der Waals surface area contributed by atoms with Crippen LogP contribution in [-0.2, 0) is 28.6 Å². The summed E-state index contributed by atoms with van der Waals surface area (Å²) in [6.07, 6.45) is 71.0. The fraction of sp³-hybridized carbons (Fsp3) is 0.825. The first kappa shape index (κ1) is 66.4. The second kappa shape index (κ2) is 57.9. The molecule has 0 aliphatic carbocycles. The molecule has 6 heteroatoms. The van der Waals surface area contributed by atoms with Crippen molar-refractivity contribution in [2.75, 3.05) is 13.2 Å². The smallest absolute Gasteiger partial charge is 0.306 e. The van der Waals surface area contributed by atoms with Crippen molar-refractivity contribution in [3.63, 3.8) is 0 Å². The van der Waals surface area contributed by atoms with Gasteiger partial charge >= 0.3 is 17.9 Å². The van der Waals surface area contributed by atoms with Crippen LogP contribution >= 0.6 is 0 Å². The van der Waals surface area contributed by atoms with Crippen LogP contribution in [-0.4, -0.2) is 37.2 Å². The van der Waals surface area contributed by atoms with E-state index in [1.54, 1.807) is 0 Å². The minimum atomic E-state index is -0.781. The normalized spacial score (nSPS) is 12.3. The molecule has 0 radical (unpaired) electrons. The van der Waals surface area contributed by atoms with Crippen molar-refractivity contribution >= 4 is 17.9 Å². The first-order chi connectivity index (χ1) is 34.0. The van der Waals surface area contributed by atoms with Gasteiger partial charge in [-0.1, -0.05) is 275 Å². The van der Waals surface area contributed by atoms with Gasteiger partial charge in [0, 0.05) is 19.3 Å². The summed E-state index contributed by atoms with van der Waals surface area (Å²) in [5.41, 5.74) is 0. The molecule has 0 amide bonds. The molecule has 6 nitrogen and oxygen atoms in total. The molecule has 1 atom stereocenters. The molecular weight excluding hydrogens is 853 g/mol. The summed E-state index contributed by atoms with van der Waals surface area (Å²) in [5, 5.41) is 0. The molecule has 0 aliphatic rings. The average molecular weight is 968 g/mol. The van der Waals surface area contributed by atoms with Crippen LogP contribution in [0.25, 0.3) is 0 Å². The Labute approximate surface area is 428 Å². The monoisotopic (exact) mass is 967 g/mol. The standard InChI is InChI=1S/C63H114O6/c1-4-7-10-13-16-19-22-25-28-30-32-34-35-38-41-44-47-50-53-56-62(65)68-59-60(58-67-61(64)55-52-49-46-43-40-37-27-24-21-18-15-12-9-6-3)69-63(66)57-54-51-48-45-42-39-36-33-31-29-26-23-20-17-14-11-8-5-2/h16,19,22,25,29,31,33,36,60H,4-15,17-18,20-21,23-24,26-28,30,32,34-35,37-59H2,1-3H3/b19-16-,25-22-,31-29-,36-33-. The number of allylic oxidation sites excluding steroid dienone is 8. The Kier molecular flexibility index (Phi) is 55.7. The zero-order valence-corrected chi connectivity index (χ0v) is 46.1. The maximum atomic E-state index is 12.9. The highest BCUT2D eigenvalue weighted by molar-refractivity contribution is 5.71. The Balaban J connectivity index is 4.37. The van der Waals surface area contributed by atoms with Crippen molar-refractivity contribution in [1.82, 2.24) is 0 Å². The highest BCUT2D eigenvalue weighted by Gasteiger charge is 2.19. The first-order valence-electron chi connectivity index (χ1n) is 30.2. The van der Waals surface area contributed by atoms with Gasteiger partial charge in [-0.2, -0.15) is 0 Å². The lowest BCUT2D eigenvalue weighted by molar-refractivity contribution is -0.167. The molecule has 0 saturated carbocycles. The molecule has 0 spiro atoms. The molecule has 0 aromatic heterocycles. The van der Waals surface area contributed by atoms with Crippen LogP contribution in [0.15, 0.2) is 48.6 Å². The van der Waals surface area contributed by atoms with Crippen molar-refractivity contribution in [2.24, 2.45) is 0 Å². The van der Waals surface area contributed by atoms with E-state index in [4.69, 9.17) is 14.2 Å². The number of carbonyl (C=O) groups excluding carboxylic acids is 3. The largest absolute Gasteiger partial charge is 0.462 e. The molecule has 0 heterocycles. The van der Waals surface area contributed by atoms with Gasteiger partial charge in [0.05, 0.1) is 0 Å². The van der Waals surface area contributed by atoms with Crippen LogP contribution in [0, 0.1) is 0 Å². The predicted molar refractivity (Wildman–Crippen MR) is 298 cm³/mol. The number of rotatable bonds is 55. The summed E-state index contributed by atoms with van der Waals surface area (Å²) < 4.78 is 16.9. The molecule has 402 valence electrons. The Morgan fingerprint density at radius 3 is 0.797 bits per heavy atom. The third-order valence-corrected chi connectivity index (χ3v) is 13.4. The second-order valence-electron chi connectivity index (χ2n) is 20.3. The van der Waals surface area contributed by atoms with Gasteiger partial charge in [-0.15, -0.1) is 0 Å². The number of ether oxygens (including phenoxy) is 3. The number of hydrogen-bond donors (Lipinski definition) is 0. The fourth-order valence-corrected chi connectivity index (χ4v) is 8.78. The molecule has 0 bridgehead atoms. The fourth-order valence-electron chi connectivity index (χ4n) is 8.78. The van der Waals surface area contributed by atoms with Crippen LogP contribution in [0.1, 0.15) is 316 Å². The zero-order chi connectivity index (χ0) is 50.0. The Hall–Kier alpha value is -2.63. The van der Waals surface area contributed by atoms with Gasteiger partial charge in [-0.3, -0.25) is 14.4 Å². The van der Waals surface area contributed by atoms with E-state index in [2.05, 4.69) is 69.4 Å². The van der Waals surface area contributed by atoms with E-state index >= 15 is 0 Å². The van der Waals surface area contributed by atoms with E-state index in [9.17, 15) is 14.4 Å². The molecule has 0 N–H and O–H groups in total. The minimum absolute atomic E-state index is 0.0772. The van der Waals surface area contributed by atoms with Gasteiger partial charge in [0.1, 0.15) is 13.2 Å². The Bertz CT molecular complexity index is 1200. The molecule has 0 aliphatic heterocycles. The van der Waals surface area contributed by atoms with E-state index in [0.717, 1.165) is 77.0 Å². The zero-order valence-electron chi connectivity index (χ0n) is 46.1. The summed E-state index contributed by atoms with van der Waals surface area (Å²) in [5.74, 6) is -0.879. The highest BCUT2D eigenvalue weighted by atomic mass is 16.6. The third-order valence-electron chi connectivity index (χ3n) is 13.4. The predicted octanol–water partition coefficient (Wildman–Crippen LogP) is 20.2. The van der Waals surface area contributed by atoms with Gasteiger partial charge in [0.25, 0.3) is 0 Å². The van der Waals surface area contributed by atoms with Gasteiger partial charge in [0.2, 0.25) is 0 Å². The molecule has 0 aromatic rings. The lowest BCUT2D eigenvalue weighted by Gasteiger charge is -2.18. The molecule has 0 aromatic carbocycles. The van der Waals surface area contributed by atoms with E-state index < -0.39 is 6.10 Å². The van der Waals surface area contributed by atoms with Crippen molar-refractivity contribution in [3.05, 3.63) is 48.6 Å². The van der Waals surface area contributed by atoms with Gasteiger partial charge in [-0.05, 0) is 70.6 Å². The van der Waals surface area contributed by atoms with Crippen LogP contribution in [0.5, 0.6) is 0 Å².